The average Bonchev–Trinajstić information content (AvgIpc) is 2.82. The summed E-state index contributed by atoms with van der Waals surface area (Å²) in [6.45, 7) is 3.25. The highest BCUT2D eigenvalue weighted by Gasteiger charge is 2.35. The zero-order valence-electron chi connectivity index (χ0n) is 19.7. The molecule has 0 saturated heterocycles. The van der Waals surface area contributed by atoms with Crippen LogP contribution in [0.25, 0.3) is 0 Å². The fourth-order valence-corrected chi connectivity index (χ4v) is 5.38. The zero-order chi connectivity index (χ0) is 26.5. The molecule has 0 fully saturated rings. The Morgan fingerprint density at radius 2 is 1.56 bits per heavy atom. The second-order valence-corrected chi connectivity index (χ2v) is 10.9. The van der Waals surface area contributed by atoms with Gasteiger partial charge >= 0.3 is 6.18 Å². The first-order valence-corrected chi connectivity index (χ1v) is 13.0. The SMILES string of the molecule is CC(C)C[C@H](NC(=O)CN(c1ccc(Cl)c(C(F)(F)F)c1)S(=O)(=O)c1ccccc1)c1ccccc1. The third kappa shape index (κ3) is 6.79. The standard InChI is InChI=1S/C26H26ClF3N2O3S/c1-18(2)15-24(19-9-5-3-6-10-19)31-25(33)17-32(36(34,35)21-11-7-4-8-12-21)20-13-14-23(27)22(16-20)26(28,29)30/h3-14,16,18,24H,15,17H2,1-2H3,(H,31,33)/t24-/m0/s1. The molecule has 0 aliphatic rings. The van der Waals surface area contributed by atoms with Crippen LogP contribution in [0.15, 0.2) is 83.8 Å². The van der Waals surface area contributed by atoms with E-state index >= 15 is 0 Å². The van der Waals surface area contributed by atoms with Gasteiger partial charge in [-0.3, -0.25) is 9.10 Å². The molecule has 0 spiro atoms. The van der Waals surface area contributed by atoms with Crippen LogP contribution in [0.3, 0.4) is 0 Å². The molecular formula is C26H26ClF3N2O3S. The minimum Gasteiger partial charge on any atom is -0.348 e. The first-order valence-electron chi connectivity index (χ1n) is 11.2. The predicted octanol–water partition coefficient (Wildman–Crippen LogP) is 6.46. The Morgan fingerprint density at radius 3 is 2.11 bits per heavy atom. The number of anilines is 1. The van der Waals surface area contributed by atoms with Crippen molar-refractivity contribution in [1.82, 2.24) is 5.32 Å². The molecule has 1 amide bonds. The van der Waals surface area contributed by atoms with Gasteiger partial charge in [-0.15, -0.1) is 0 Å². The number of amides is 1. The van der Waals surface area contributed by atoms with E-state index in [-0.39, 0.29) is 16.5 Å². The summed E-state index contributed by atoms with van der Waals surface area (Å²) in [4.78, 5) is 13.0. The van der Waals surface area contributed by atoms with Gasteiger partial charge in [-0.1, -0.05) is 74.0 Å². The number of hydrogen-bond donors (Lipinski definition) is 1. The monoisotopic (exact) mass is 538 g/mol. The van der Waals surface area contributed by atoms with Gasteiger partial charge in [0.25, 0.3) is 10.0 Å². The maximum Gasteiger partial charge on any atom is 0.417 e. The number of nitrogens with zero attached hydrogens (tertiary/aromatic N) is 1. The minimum atomic E-state index is -4.81. The van der Waals surface area contributed by atoms with Crippen molar-refractivity contribution in [1.29, 1.82) is 0 Å². The third-order valence-electron chi connectivity index (χ3n) is 5.41. The van der Waals surface area contributed by atoms with Crippen LogP contribution in [0.5, 0.6) is 0 Å². The molecule has 1 atom stereocenters. The highest BCUT2D eigenvalue weighted by molar-refractivity contribution is 7.92. The van der Waals surface area contributed by atoms with E-state index < -0.39 is 45.3 Å². The molecule has 5 nitrogen and oxygen atoms in total. The summed E-state index contributed by atoms with van der Waals surface area (Å²) in [7, 11) is -4.39. The molecule has 3 aromatic carbocycles. The van der Waals surface area contributed by atoms with Crippen molar-refractivity contribution in [2.24, 2.45) is 5.92 Å². The van der Waals surface area contributed by atoms with Crippen molar-refractivity contribution in [2.75, 3.05) is 10.8 Å². The fourth-order valence-electron chi connectivity index (χ4n) is 3.73. The maximum absolute atomic E-state index is 13.5. The van der Waals surface area contributed by atoms with Crippen LogP contribution in [0.2, 0.25) is 5.02 Å². The second kappa shape index (κ2) is 11.3. The molecule has 0 radical (unpaired) electrons. The Bertz CT molecular complexity index is 1280. The van der Waals surface area contributed by atoms with Crippen molar-refractivity contribution in [3.8, 4) is 0 Å². The number of carbonyl (C=O) groups is 1. The van der Waals surface area contributed by atoms with E-state index in [1.165, 1.54) is 24.3 Å². The van der Waals surface area contributed by atoms with Gasteiger partial charge in [0.2, 0.25) is 5.91 Å². The third-order valence-corrected chi connectivity index (χ3v) is 7.52. The van der Waals surface area contributed by atoms with E-state index in [0.717, 1.165) is 17.7 Å². The Morgan fingerprint density at radius 1 is 0.972 bits per heavy atom. The summed E-state index contributed by atoms with van der Waals surface area (Å²) in [5.74, 6) is -0.446. The largest absolute Gasteiger partial charge is 0.417 e. The second-order valence-electron chi connectivity index (χ2n) is 8.65. The molecule has 0 aliphatic carbocycles. The lowest BCUT2D eigenvalue weighted by Crippen LogP contribution is -2.42. The first-order chi connectivity index (χ1) is 16.9. The van der Waals surface area contributed by atoms with Crippen LogP contribution >= 0.6 is 11.6 Å². The lowest BCUT2D eigenvalue weighted by molar-refractivity contribution is -0.137. The molecule has 1 N–H and O–H groups in total. The highest BCUT2D eigenvalue weighted by Crippen LogP contribution is 2.38. The Kier molecular flexibility index (Phi) is 8.68. The van der Waals surface area contributed by atoms with E-state index in [1.807, 2.05) is 44.2 Å². The summed E-state index contributed by atoms with van der Waals surface area (Å²) in [6.07, 6.45) is -4.23. The van der Waals surface area contributed by atoms with E-state index in [0.29, 0.717) is 16.8 Å². The van der Waals surface area contributed by atoms with E-state index in [2.05, 4.69) is 5.32 Å². The number of hydrogen-bond acceptors (Lipinski definition) is 3. The summed E-state index contributed by atoms with van der Waals surface area (Å²) < 4.78 is 68.2. The van der Waals surface area contributed by atoms with Gasteiger partial charge in [-0.05, 0) is 48.2 Å². The van der Waals surface area contributed by atoms with E-state index in [1.54, 1.807) is 6.07 Å². The van der Waals surface area contributed by atoms with Crippen molar-refractivity contribution < 1.29 is 26.4 Å². The Hall–Kier alpha value is -3.04. The molecule has 0 saturated carbocycles. The molecule has 0 aliphatic heterocycles. The molecule has 192 valence electrons. The molecule has 0 bridgehead atoms. The topological polar surface area (TPSA) is 66.5 Å². The van der Waals surface area contributed by atoms with Gasteiger partial charge in [0, 0.05) is 0 Å². The number of nitrogens with one attached hydrogen (secondary N) is 1. The van der Waals surface area contributed by atoms with E-state index in [4.69, 9.17) is 11.6 Å². The lowest BCUT2D eigenvalue weighted by Gasteiger charge is -2.27. The van der Waals surface area contributed by atoms with Gasteiger partial charge in [0.15, 0.2) is 0 Å². The van der Waals surface area contributed by atoms with Crippen LogP contribution in [0.1, 0.15) is 37.4 Å². The molecule has 10 heteroatoms. The summed E-state index contributed by atoms with van der Waals surface area (Å²) in [6, 6.07) is 18.7. The Balaban J connectivity index is 2.01. The van der Waals surface area contributed by atoms with Crippen LogP contribution < -0.4 is 9.62 Å². The van der Waals surface area contributed by atoms with Crippen molar-refractivity contribution in [2.45, 2.75) is 37.4 Å². The van der Waals surface area contributed by atoms with Gasteiger partial charge in [0.1, 0.15) is 6.54 Å². The summed E-state index contributed by atoms with van der Waals surface area (Å²) in [5, 5.41) is 2.28. The first kappa shape index (κ1) is 27.5. The molecule has 36 heavy (non-hydrogen) atoms. The van der Waals surface area contributed by atoms with Crippen molar-refractivity contribution in [3.63, 3.8) is 0 Å². The maximum atomic E-state index is 13.5. The summed E-state index contributed by atoms with van der Waals surface area (Å²) >= 11 is 5.74. The average molecular weight is 539 g/mol. The number of alkyl halides is 3. The van der Waals surface area contributed by atoms with Gasteiger partial charge in [0.05, 0.1) is 27.2 Å². The van der Waals surface area contributed by atoms with Crippen LogP contribution in [0.4, 0.5) is 18.9 Å². The van der Waals surface area contributed by atoms with Crippen molar-refractivity contribution >= 4 is 33.2 Å². The number of rotatable bonds is 9. The van der Waals surface area contributed by atoms with Gasteiger partial charge < -0.3 is 5.32 Å². The quantitative estimate of drug-likeness (QED) is 0.340. The predicted molar refractivity (Wildman–Crippen MR) is 134 cm³/mol. The normalized spacial score (nSPS) is 12.9. The molecule has 0 aromatic heterocycles. The lowest BCUT2D eigenvalue weighted by atomic mass is 9.97. The minimum absolute atomic E-state index is 0.164. The molecule has 0 heterocycles. The Labute approximate surface area is 213 Å². The number of sulfonamides is 1. The number of halogens is 4. The van der Waals surface area contributed by atoms with Crippen LogP contribution in [0, 0.1) is 5.92 Å². The van der Waals surface area contributed by atoms with Crippen LogP contribution in [-0.2, 0) is 21.0 Å². The fraction of sp³-hybridized carbons (Fsp3) is 0.269. The molecular weight excluding hydrogens is 513 g/mol. The van der Waals surface area contributed by atoms with Gasteiger partial charge in [-0.2, -0.15) is 13.2 Å². The highest BCUT2D eigenvalue weighted by atomic mass is 35.5. The molecule has 3 rings (SSSR count). The molecule has 0 unspecified atom stereocenters. The summed E-state index contributed by atoms with van der Waals surface area (Å²) in [5.41, 5.74) is -0.689. The van der Waals surface area contributed by atoms with Crippen molar-refractivity contribution in [3.05, 3.63) is 95.0 Å². The number of carbonyl (C=O) groups excluding carboxylic acids is 1. The zero-order valence-corrected chi connectivity index (χ0v) is 21.2. The molecule has 3 aromatic rings. The van der Waals surface area contributed by atoms with Gasteiger partial charge in [-0.25, -0.2) is 8.42 Å². The van der Waals surface area contributed by atoms with E-state index in [9.17, 15) is 26.4 Å². The number of benzene rings is 3. The smallest absolute Gasteiger partial charge is 0.348 e. The van der Waals surface area contributed by atoms with Crippen LogP contribution in [-0.4, -0.2) is 20.9 Å².